The van der Waals surface area contributed by atoms with E-state index in [2.05, 4.69) is 5.32 Å². The molecule has 0 bridgehead atoms. The molecule has 0 atom stereocenters. The van der Waals surface area contributed by atoms with Gasteiger partial charge in [-0.15, -0.1) is 11.3 Å². The van der Waals surface area contributed by atoms with E-state index in [1.54, 1.807) is 34.5 Å². The van der Waals surface area contributed by atoms with Crippen molar-refractivity contribution in [3.8, 4) is 0 Å². The molecule has 0 aliphatic carbocycles. The normalized spacial score (nSPS) is 18.5. The van der Waals surface area contributed by atoms with Gasteiger partial charge >= 0.3 is 0 Å². The van der Waals surface area contributed by atoms with E-state index in [1.165, 1.54) is 10.4 Å². The lowest BCUT2D eigenvalue weighted by Crippen LogP contribution is -2.41. The number of hydrogen-bond acceptors (Lipinski definition) is 6. The fourth-order valence-electron chi connectivity index (χ4n) is 3.81. The number of hydrogen-bond donors (Lipinski definition) is 1. The van der Waals surface area contributed by atoms with Crippen molar-refractivity contribution < 1.29 is 22.7 Å². The van der Waals surface area contributed by atoms with Crippen LogP contribution in [0.1, 0.15) is 23.2 Å². The van der Waals surface area contributed by atoms with Crippen molar-refractivity contribution in [2.45, 2.75) is 17.1 Å². The number of carbonyl (C=O) groups excluding carboxylic acids is 2. The second-order valence-electron chi connectivity index (χ2n) is 7.74. The summed E-state index contributed by atoms with van der Waals surface area (Å²) in [6, 6.07) is 8.37. The van der Waals surface area contributed by atoms with Gasteiger partial charge in [0.15, 0.2) is 0 Å². The van der Waals surface area contributed by atoms with E-state index < -0.39 is 10.0 Å². The highest BCUT2D eigenvalue weighted by Crippen LogP contribution is 2.29. The van der Waals surface area contributed by atoms with Crippen LogP contribution in [0.25, 0.3) is 0 Å². The van der Waals surface area contributed by atoms with Crippen molar-refractivity contribution in [2.75, 3.05) is 44.7 Å². The van der Waals surface area contributed by atoms with Crippen LogP contribution in [0.2, 0.25) is 5.02 Å². The third kappa shape index (κ3) is 5.15. The molecular formula is C21H24ClN3O5S2. The number of thiophene rings is 1. The van der Waals surface area contributed by atoms with Crippen LogP contribution < -0.4 is 5.32 Å². The van der Waals surface area contributed by atoms with Crippen LogP contribution in [0, 0.1) is 5.92 Å². The number of benzene rings is 1. The average Bonchev–Trinajstić information content (AvgIpc) is 3.30. The first kappa shape index (κ1) is 23.2. The van der Waals surface area contributed by atoms with E-state index in [0.717, 1.165) is 11.3 Å². The Kier molecular flexibility index (Phi) is 7.16. The van der Waals surface area contributed by atoms with Crippen LogP contribution in [0.3, 0.4) is 0 Å². The Morgan fingerprint density at radius 1 is 1.09 bits per heavy atom. The third-order valence-corrected chi connectivity index (χ3v) is 9.18. The van der Waals surface area contributed by atoms with Crippen molar-refractivity contribution in [2.24, 2.45) is 5.92 Å². The molecule has 0 spiro atoms. The van der Waals surface area contributed by atoms with E-state index >= 15 is 0 Å². The number of anilines is 1. The number of nitrogens with zero attached hydrogens (tertiary/aromatic N) is 2. The number of halogens is 1. The molecule has 0 unspecified atom stereocenters. The summed E-state index contributed by atoms with van der Waals surface area (Å²) in [6.45, 7) is 2.48. The molecule has 8 nitrogen and oxygen atoms in total. The largest absolute Gasteiger partial charge is 0.378 e. The van der Waals surface area contributed by atoms with Crippen LogP contribution in [0.4, 0.5) is 5.69 Å². The van der Waals surface area contributed by atoms with E-state index in [9.17, 15) is 18.0 Å². The zero-order valence-corrected chi connectivity index (χ0v) is 19.7. The minimum atomic E-state index is -3.71. The molecule has 0 radical (unpaired) electrons. The molecule has 4 rings (SSSR count). The predicted molar refractivity (Wildman–Crippen MR) is 123 cm³/mol. The second kappa shape index (κ2) is 9.88. The molecule has 2 aromatic rings. The molecule has 172 valence electrons. The van der Waals surface area contributed by atoms with Crippen molar-refractivity contribution in [3.05, 3.63) is 46.3 Å². The van der Waals surface area contributed by atoms with Crippen molar-refractivity contribution in [1.82, 2.24) is 9.21 Å². The van der Waals surface area contributed by atoms with Gasteiger partial charge in [0.05, 0.1) is 18.8 Å². The van der Waals surface area contributed by atoms with Crippen LogP contribution in [0.15, 0.2) is 39.9 Å². The van der Waals surface area contributed by atoms with Gasteiger partial charge in [0.2, 0.25) is 5.91 Å². The maximum atomic E-state index is 13.1. The molecule has 3 heterocycles. The molecule has 1 N–H and O–H groups in total. The molecule has 2 aliphatic heterocycles. The van der Waals surface area contributed by atoms with Gasteiger partial charge in [-0.05, 0) is 37.1 Å². The zero-order valence-electron chi connectivity index (χ0n) is 17.3. The average molecular weight is 498 g/mol. The molecule has 11 heteroatoms. The number of amides is 2. The predicted octanol–water partition coefficient (Wildman–Crippen LogP) is 2.91. The van der Waals surface area contributed by atoms with E-state index in [4.69, 9.17) is 16.3 Å². The number of sulfonamides is 1. The molecule has 2 fully saturated rings. The minimum absolute atomic E-state index is 0.140. The fourth-order valence-corrected chi connectivity index (χ4v) is 6.78. The van der Waals surface area contributed by atoms with Crippen LogP contribution >= 0.6 is 22.9 Å². The first-order valence-corrected chi connectivity index (χ1v) is 13.1. The summed E-state index contributed by atoms with van der Waals surface area (Å²) < 4.78 is 33.0. The summed E-state index contributed by atoms with van der Waals surface area (Å²) in [6.07, 6.45) is 0.854. The van der Waals surface area contributed by atoms with Crippen molar-refractivity contribution in [1.29, 1.82) is 0 Å². The molecule has 2 saturated heterocycles. The number of carbonyl (C=O) groups is 2. The van der Waals surface area contributed by atoms with Gasteiger partial charge in [0, 0.05) is 48.2 Å². The lowest BCUT2D eigenvalue weighted by Gasteiger charge is -2.30. The highest BCUT2D eigenvalue weighted by Gasteiger charge is 2.33. The van der Waals surface area contributed by atoms with Crippen LogP contribution in [0.5, 0.6) is 0 Å². The molecule has 0 saturated carbocycles. The highest BCUT2D eigenvalue weighted by molar-refractivity contribution is 7.91. The van der Waals surface area contributed by atoms with Crippen LogP contribution in [-0.2, 0) is 19.6 Å². The van der Waals surface area contributed by atoms with E-state index in [-0.39, 0.29) is 35.0 Å². The number of rotatable bonds is 5. The Labute approximate surface area is 196 Å². The van der Waals surface area contributed by atoms with Gasteiger partial charge in [-0.3, -0.25) is 9.59 Å². The Hall–Kier alpha value is -1.98. The quantitative estimate of drug-likeness (QED) is 0.685. The summed E-state index contributed by atoms with van der Waals surface area (Å²) >= 11 is 7.01. The molecule has 1 aromatic heterocycles. The second-order valence-corrected chi connectivity index (χ2v) is 11.2. The topological polar surface area (TPSA) is 96.0 Å². The summed E-state index contributed by atoms with van der Waals surface area (Å²) in [4.78, 5) is 26.9. The van der Waals surface area contributed by atoms with Gasteiger partial charge in [-0.1, -0.05) is 17.7 Å². The highest BCUT2D eigenvalue weighted by atomic mass is 35.5. The first-order valence-electron chi connectivity index (χ1n) is 10.4. The number of ether oxygens (including phenoxy) is 1. The Balaban J connectivity index is 1.36. The van der Waals surface area contributed by atoms with Crippen molar-refractivity contribution in [3.63, 3.8) is 0 Å². The zero-order chi connectivity index (χ0) is 22.7. The molecular weight excluding hydrogens is 474 g/mol. The van der Waals surface area contributed by atoms with E-state index in [0.29, 0.717) is 55.4 Å². The lowest BCUT2D eigenvalue weighted by molar-refractivity contribution is -0.120. The summed E-state index contributed by atoms with van der Waals surface area (Å²) in [5, 5.41) is 4.97. The monoisotopic (exact) mass is 497 g/mol. The molecule has 32 heavy (non-hydrogen) atoms. The Morgan fingerprint density at radius 3 is 2.50 bits per heavy atom. The van der Waals surface area contributed by atoms with Gasteiger partial charge in [-0.2, -0.15) is 4.31 Å². The fraction of sp³-hybridized carbons (Fsp3) is 0.429. The number of morpholine rings is 1. The maximum absolute atomic E-state index is 13.1. The number of piperidine rings is 1. The molecule has 2 amide bonds. The standard InChI is InChI=1S/C21H24ClN3O5S2/c22-17-2-1-3-18(13-17)23-20(26)15-4-6-25(7-5-15)32(28,29)19-12-16(14-31-19)21(27)24-8-10-30-11-9-24/h1-3,12-15H,4-11H2,(H,23,26). The Bertz CT molecular complexity index is 1090. The van der Waals surface area contributed by atoms with Gasteiger partial charge < -0.3 is 15.0 Å². The SMILES string of the molecule is O=C(Nc1cccc(Cl)c1)C1CCN(S(=O)(=O)c2cc(C(=O)N3CCOCC3)cs2)CC1. The third-order valence-electron chi connectivity index (χ3n) is 5.63. The smallest absolute Gasteiger partial charge is 0.254 e. The molecule has 1 aromatic carbocycles. The van der Waals surface area contributed by atoms with Gasteiger partial charge in [0.25, 0.3) is 15.9 Å². The van der Waals surface area contributed by atoms with Gasteiger partial charge in [0.1, 0.15) is 4.21 Å². The number of nitrogens with one attached hydrogen (secondary N) is 1. The summed E-state index contributed by atoms with van der Waals surface area (Å²) in [5.74, 6) is -0.594. The van der Waals surface area contributed by atoms with Crippen LogP contribution in [-0.4, -0.2) is 68.8 Å². The maximum Gasteiger partial charge on any atom is 0.254 e. The lowest BCUT2D eigenvalue weighted by atomic mass is 9.97. The van der Waals surface area contributed by atoms with Crippen molar-refractivity contribution >= 4 is 50.5 Å². The first-order chi connectivity index (χ1) is 15.3. The van der Waals surface area contributed by atoms with E-state index in [1.807, 2.05) is 0 Å². The summed E-state index contributed by atoms with van der Waals surface area (Å²) in [5.41, 5.74) is 1.000. The minimum Gasteiger partial charge on any atom is -0.378 e. The van der Waals surface area contributed by atoms with Gasteiger partial charge in [-0.25, -0.2) is 8.42 Å². The molecule has 2 aliphatic rings. The summed E-state index contributed by atoms with van der Waals surface area (Å²) in [7, 11) is -3.71. The Morgan fingerprint density at radius 2 is 1.81 bits per heavy atom.